The number of rotatable bonds is 5. The van der Waals surface area contributed by atoms with E-state index in [1.165, 1.54) is 6.42 Å². The second-order valence-electron chi connectivity index (χ2n) is 5.79. The van der Waals surface area contributed by atoms with Crippen LogP contribution in [0, 0.1) is 5.92 Å². The van der Waals surface area contributed by atoms with E-state index in [2.05, 4.69) is 17.2 Å². The van der Waals surface area contributed by atoms with Crippen molar-refractivity contribution in [2.45, 2.75) is 51.1 Å². The predicted octanol–water partition coefficient (Wildman–Crippen LogP) is 2.14. The Bertz CT molecular complexity index is 405. The summed E-state index contributed by atoms with van der Waals surface area (Å²) in [5.74, 6) is 0.384. The molecule has 0 saturated heterocycles. The molecule has 1 aliphatic carbocycles. The van der Waals surface area contributed by atoms with Crippen molar-refractivity contribution in [3.05, 3.63) is 18.7 Å². The molecule has 1 heterocycles. The van der Waals surface area contributed by atoms with Crippen LogP contribution in [-0.2, 0) is 11.3 Å². The van der Waals surface area contributed by atoms with E-state index in [4.69, 9.17) is 5.73 Å². The van der Waals surface area contributed by atoms with Crippen LogP contribution in [0.3, 0.4) is 0 Å². The molecule has 2 rings (SSSR count). The van der Waals surface area contributed by atoms with Crippen LogP contribution in [0.4, 0.5) is 0 Å². The SMILES string of the molecule is CC(CNC(=O)C1(N)CCCCC1)Cn1ccnc1.Cl.Cl. The smallest absolute Gasteiger partial charge is 0.240 e. The van der Waals surface area contributed by atoms with E-state index in [-0.39, 0.29) is 30.7 Å². The second kappa shape index (κ2) is 9.28. The number of amides is 1. The molecular formula is C14H26Cl2N4O. The standard InChI is InChI=1S/C14H24N4O.2ClH/c1-12(10-18-8-7-16-11-18)9-17-13(19)14(15)5-3-2-4-6-14;;/h7-8,11-12H,2-6,9-10,15H2,1H3,(H,17,19);2*1H. The summed E-state index contributed by atoms with van der Waals surface area (Å²) in [7, 11) is 0. The molecule has 0 bridgehead atoms. The van der Waals surface area contributed by atoms with Gasteiger partial charge in [0.15, 0.2) is 0 Å². The van der Waals surface area contributed by atoms with Crippen molar-refractivity contribution in [1.82, 2.24) is 14.9 Å². The molecule has 1 aromatic heterocycles. The Morgan fingerprint density at radius 3 is 2.62 bits per heavy atom. The number of nitrogens with two attached hydrogens (primary N) is 1. The lowest BCUT2D eigenvalue weighted by Gasteiger charge is -2.32. The van der Waals surface area contributed by atoms with Crippen molar-refractivity contribution in [3.8, 4) is 0 Å². The number of aromatic nitrogens is 2. The van der Waals surface area contributed by atoms with Crippen molar-refractivity contribution in [2.75, 3.05) is 6.54 Å². The molecule has 0 aromatic carbocycles. The molecule has 5 nitrogen and oxygen atoms in total. The molecule has 1 amide bonds. The quantitative estimate of drug-likeness (QED) is 0.865. The van der Waals surface area contributed by atoms with E-state index in [1.54, 1.807) is 12.5 Å². The van der Waals surface area contributed by atoms with Gasteiger partial charge in [-0.05, 0) is 18.8 Å². The first kappa shape index (κ1) is 20.2. The van der Waals surface area contributed by atoms with E-state index >= 15 is 0 Å². The monoisotopic (exact) mass is 336 g/mol. The molecular weight excluding hydrogens is 311 g/mol. The summed E-state index contributed by atoms with van der Waals surface area (Å²) in [4.78, 5) is 16.2. The molecule has 7 heteroatoms. The van der Waals surface area contributed by atoms with Gasteiger partial charge in [0.1, 0.15) is 0 Å². The lowest BCUT2D eigenvalue weighted by molar-refractivity contribution is -0.127. The Morgan fingerprint density at radius 2 is 2.05 bits per heavy atom. The normalized spacial score (nSPS) is 18.0. The summed E-state index contributed by atoms with van der Waals surface area (Å²) >= 11 is 0. The molecule has 21 heavy (non-hydrogen) atoms. The number of carbonyl (C=O) groups is 1. The van der Waals surface area contributed by atoms with Crippen LogP contribution in [0.5, 0.6) is 0 Å². The van der Waals surface area contributed by atoms with Gasteiger partial charge in [-0.1, -0.05) is 26.2 Å². The predicted molar refractivity (Wildman–Crippen MR) is 88.9 cm³/mol. The van der Waals surface area contributed by atoms with Crippen LogP contribution >= 0.6 is 24.8 Å². The van der Waals surface area contributed by atoms with Crippen LogP contribution in [0.2, 0.25) is 0 Å². The van der Waals surface area contributed by atoms with Gasteiger partial charge >= 0.3 is 0 Å². The van der Waals surface area contributed by atoms with Gasteiger partial charge in [0, 0.05) is 25.5 Å². The van der Waals surface area contributed by atoms with Crippen LogP contribution in [-0.4, -0.2) is 27.5 Å². The average Bonchev–Trinajstić information content (AvgIpc) is 2.89. The Balaban J connectivity index is 0.00000200. The largest absolute Gasteiger partial charge is 0.354 e. The summed E-state index contributed by atoms with van der Waals surface area (Å²) in [6.45, 7) is 3.64. The minimum Gasteiger partial charge on any atom is -0.354 e. The van der Waals surface area contributed by atoms with Gasteiger partial charge in [0.2, 0.25) is 5.91 Å². The van der Waals surface area contributed by atoms with E-state index in [0.29, 0.717) is 12.5 Å². The Hall–Kier alpha value is -0.780. The minimum absolute atomic E-state index is 0. The van der Waals surface area contributed by atoms with Crippen LogP contribution in [0.25, 0.3) is 0 Å². The molecule has 1 fully saturated rings. The summed E-state index contributed by atoms with van der Waals surface area (Å²) in [6, 6.07) is 0. The van der Waals surface area contributed by atoms with Crippen molar-refractivity contribution < 1.29 is 4.79 Å². The van der Waals surface area contributed by atoms with E-state index < -0.39 is 5.54 Å². The van der Waals surface area contributed by atoms with Crippen LogP contribution in [0.1, 0.15) is 39.0 Å². The van der Waals surface area contributed by atoms with E-state index in [1.807, 2.05) is 10.8 Å². The van der Waals surface area contributed by atoms with E-state index in [0.717, 1.165) is 32.2 Å². The first-order valence-corrected chi connectivity index (χ1v) is 7.13. The summed E-state index contributed by atoms with van der Waals surface area (Å²) in [6.07, 6.45) is 10.5. The zero-order valence-electron chi connectivity index (χ0n) is 12.5. The van der Waals surface area contributed by atoms with Gasteiger partial charge in [-0.15, -0.1) is 24.8 Å². The second-order valence-corrected chi connectivity index (χ2v) is 5.79. The number of hydrogen-bond donors (Lipinski definition) is 2. The number of imidazole rings is 1. The number of halogens is 2. The van der Waals surface area contributed by atoms with Gasteiger partial charge in [0.25, 0.3) is 0 Å². The molecule has 1 unspecified atom stereocenters. The fraction of sp³-hybridized carbons (Fsp3) is 0.714. The first-order chi connectivity index (χ1) is 9.10. The van der Waals surface area contributed by atoms with Crippen molar-refractivity contribution >= 4 is 30.7 Å². The summed E-state index contributed by atoms with van der Waals surface area (Å²) in [5.41, 5.74) is 5.57. The van der Waals surface area contributed by atoms with Gasteiger partial charge in [-0.3, -0.25) is 4.79 Å². The third-order valence-electron chi connectivity index (χ3n) is 3.89. The number of nitrogens with one attached hydrogen (secondary N) is 1. The number of nitrogens with zero attached hydrogens (tertiary/aromatic N) is 2. The summed E-state index contributed by atoms with van der Waals surface area (Å²) < 4.78 is 2.02. The Labute approximate surface area is 138 Å². The topological polar surface area (TPSA) is 72.9 Å². The number of carbonyl (C=O) groups excluding carboxylic acids is 1. The van der Waals surface area contributed by atoms with Crippen LogP contribution < -0.4 is 11.1 Å². The zero-order valence-corrected chi connectivity index (χ0v) is 14.1. The maximum atomic E-state index is 12.2. The lowest BCUT2D eigenvalue weighted by Crippen LogP contribution is -2.55. The van der Waals surface area contributed by atoms with Crippen molar-refractivity contribution in [2.24, 2.45) is 11.7 Å². The third kappa shape index (κ3) is 5.85. The summed E-state index contributed by atoms with van der Waals surface area (Å²) in [5, 5.41) is 3.01. The highest BCUT2D eigenvalue weighted by molar-refractivity contribution is 5.86. The van der Waals surface area contributed by atoms with Crippen LogP contribution in [0.15, 0.2) is 18.7 Å². The average molecular weight is 337 g/mol. The Kier molecular flexibility index (Phi) is 8.94. The molecule has 1 aromatic rings. The first-order valence-electron chi connectivity index (χ1n) is 7.13. The van der Waals surface area contributed by atoms with Crippen molar-refractivity contribution in [3.63, 3.8) is 0 Å². The maximum absolute atomic E-state index is 12.2. The van der Waals surface area contributed by atoms with Gasteiger partial charge in [-0.2, -0.15) is 0 Å². The van der Waals surface area contributed by atoms with Gasteiger partial charge in [-0.25, -0.2) is 4.98 Å². The molecule has 122 valence electrons. The molecule has 0 radical (unpaired) electrons. The zero-order chi connectivity index (χ0) is 13.7. The fourth-order valence-electron chi connectivity index (χ4n) is 2.67. The highest BCUT2D eigenvalue weighted by Gasteiger charge is 2.35. The van der Waals surface area contributed by atoms with E-state index in [9.17, 15) is 4.79 Å². The molecule has 0 aliphatic heterocycles. The molecule has 3 N–H and O–H groups in total. The lowest BCUT2D eigenvalue weighted by atomic mass is 9.82. The highest BCUT2D eigenvalue weighted by atomic mass is 35.5. The number of hydrogen-bond acceptors (Lipinski definition) is 3. The Morgan fingerprint density at radius 1 is 1.38 bits per heavy atom. The molecule has 1 atom stereocenters. The third-order valence-corrected chi connectivity index (χ3v) is 3.89. The molecule has 0 spiro atoms. The minimum atomic E-state index is -0.632. The van der Waals surface area contributed by atoms with Crippen molar-refractivity contribution in [1.29, 1.82) is 0 Å². The molecule has 1 aliphatic rings. The van der Waals surface area contributed by atoms with Gasteiger partial charge in [0.05, 0.1) is 11.9 Å². The fourth-order valence-corrected chi connectivity index (χ4v) is 2.67. The maximum Gasteiger partial charge on any atom is 0.240 e. The molecule has 1 saturated carbocycles. The highest BCUT2D eigenvalue weighted by Crippen LogP contribution is 2.25. The van der Waals surface area contributed by atoms with Gasteiger partial charge < -0.3 is 15.6 Å².